The molecular formula is C9H15N. The molecular weight excluding hydrogens is 122 g/mol. The standard InChI is InChI=1S/C9H15N/c1-8-4-2-3-5-9(6-8)7-10/h2-5,8-9H,6-7,10H2,1H3. The van der Waals surface area contributed by atoms with Gasteiger partial charge in [-0.25, -0.2) is 0 Å². The van der Waals surface area contributed by atoms with Crippen molar-refractivity contribution in [1.82, 2.24) is 0 Å². The van der Waals surface area contributed by atoms with Crippen LogP contribution in [-0.2, 0) is 0 Å². The number of nitrogens with two attached hydrogens (primary N) is 1. The SMILES string of the molecule is CC1C=CC=CC(CN)C1. The monoisotopic (exact) mass is 137 g/mol. The van der Waals surface area contributed by atoms with Gasteiger partial charge in [0.1, 0.15) is 0 Å². The van der Waals surface area contributed by atoms with Gasteiger partial charge in [0.25, 0.3) is 0 Å². The second-order valence-electron chi connectivity index (χ2n) is 2.98. The normalized spacial score (nSPS) is 32.2. The molecule has 1 aliphatic rings. The van der Waals surface area contributed by atoms with Gasteiger partial charge in [-0.3, -0.25) is 0 Å². The molecule has 2 N–H and O–H groups in total. The van der Waals surface area contributed by atoms with Crippen molar-refractivity contribution in [3.05, 3.63) is 24.3 Å². The first-order valence-electron chi connectivity index (χ1n) is 3.88. The molecule has 0 saturated heterocycles. The van der Waals surface area contributed by atoms with Crippen LogP contribution >= 0.6 is 0 Å². The van der Waals surface area contributed by atoms with E-state index in [1.165, 1.54) is 6.42 Å². The van der Waals surface area contributed by atoms with E-state index < -0.39 is 0 Å². The highest BCUT2D eigenvalue weighted by molar-refractivity contribution is 5.09. The smallest absolute Gasteiger partial charge is 0.00138 e. The van der Waals surface area contributed by atoms with Crippen LogP contribution in [0.1, 0.15) is 13.3 Å². The van der Waals surface area contributed by atoms with E-state index in [0.29, 0.717) is 11.8 Å². The molecule has 0 bridgehead atoms. The van der Waals surface area contributed by atoms with Crippen molar-refractivity contribution < 1.29 is 0 Å². The van der Waals surface area contributed by atoms with Gasteiger partial charge in [-0.1, -0.05) is 31.2 Å². The van der Waals surface area contributed by atoms with Crippen molar-refractivity contribution in [2.24, 2.45) is 17.6 Å². The molecule has 0 heterocycles. The summed E-state index contributed by atoms with van der Waals surface area (Å²) in [6.45, 7) is 3.01. The fourth-order valence-corrected chi connectivity index (χ4v) is 1.28. The zero-order valence-electron chi connectivity index (χ0n) is 6.46. The molecule has 0 amide bonds. The largest absolute Gasteiger partial charge is 0.330 e. The van der Waals surface area contributed by atoms with E-state index in [1.807, 2.05) is 0 Å². The molecule has 0 radical (unpaired) electrons. The van der Waals surface area contributed by atoms with Crippen molar-refractivity contribution in [2.75, 3.05) is 6.54 Å². The minimum absolute atomic E-state index is 0.588. The number of hydrogen-bond acceptors (Lipinski definition) is 1. The summed E-state index contributed by atoms with van der Waals surface area (Å²) in [5.41, 5.74) is 5.56. The van der Waals surface area contributed by atoms with Crippen LogP contribution in [0.5, 0.6) is 0 Å². The predicted octanol–water partition coefficient (Wildman–Crippen LogP) is 1.71. The fraction of sp³-hybridized carbons (Fsp3) is 0.556. The van der Waals surface area contributed by atoms with Crippen molar-refractivity contribution in [3.63, 3.8) is 0 Å². The molecule has 0 aromatic heterocycles. The first-order chi connectivity index (χ1) is 4.83. The van der Waals surface area contributed by atoms with Gasteiger partial charge in [-0.05, 0) is 24.8 Å². The Balaban J connectivity index is 2.51. The Morgan fingerprint density at radius 1 is 1.40 bits per heavy atom. The second-order valence-corrected chi connectivity index (χ2v) is 2.98. The summed E-state index contributed by atoms with van der Waals surface area (Å²) >= 11 is 0. The molecule has 0 aliphatic heterocycles. The minimum atomic E-state index is 0.588. The van der Waals surface area contributed by atoms with E-state index in [0.717, 1.165) is 6.54 Å². The van der Waals surface area contributed by atoms with Gasteiger partial charge >= 0.3 is 0 Å². The maximum atomic E-state index is 5.56. The van der Waals surface area contributed by atoms with E-state index >= 15 is 0 Å². The van der Waals surface area contributed by atoms with Gasteiger partial charge < -0.3 is 5.73 Å². The molecule has 0 aromatic rings. The lowest BCUT2D eigenvalue weighted by Crippen LogP contribution is -2.13. The topological polar surface area (TPSA) is 26.0 Å². The molecule has 56 valence electrons. The van der Waals surface area contributed by atoms with Crippen LogP contribution in [-0.4, -0.2) is 6.54 Å². The lowest BCUT2D eigenvalue weighted by Gasteiger charge is -2.10. The Kier molecular flexibility index (Phi) is 2.69. The van der Waals surface area contributed by atoms with Crippen LogP contribution in [0.4, 0.5) is 0 Å². The zero-order chi connectivity index (χ0) is 7.40. The summed E-state index contributed by atoms with van der Waals surface area (Å²) in [7, 11) is 0. The van der Waals surface area contributed by atoms with E-state index in [-0.39, 0.29) is 0 Å². The molecule has 0 saturated carbocycles. The summed E-state index contributed by atoms with van der Waals surface area (Å²) < 4.78 is 0. The Labute approximate surface area is 62.6 Å². The van der Waals surface area contributed by atoms with E-state index in [2.05, 4.69) is 31.2 Å². The molecule has 1 aliphatic carbocycles. The Bertz CT molecular complexity index is 147. The fourth-order valence-electron chi connectivity index (χ4n) is 1.28. The molecule has 1 nitrogen and oxygen atoms in total. The van der Waals surface area contributed by atoms with Crippen molar-refractivity contribution in [2.45, 2.75) is 13.3 Å². The molecule has 0 fully saturated rings. The summed E-state index contributed by atoms with van der Waals surface area (Å²) in [4.78, 5) is 0. The van der Waals surface area contributed by atoms with Crippen LogP contribution in [0.25, 0.3) is 0 Å². The first kappa shape index (κ1) is 7.55. The number of rotatable bonds is 1. The highest BCUT2D eigenvalue weighted by Crippen LogP contribution is 2.16. The van der Waals surface area contributed by atoms with Crippen LogP contribution in [0.2, 0.25) is 0 Å². The quantitative estimate of drug-likeness (QED) is 0.585. The van der Waals surface area contributed by atoms with Crippen molar-refractivity contribution in [1.29, 1.82) is 0 Å². The average molecular weight is 137 g/mol. The summed E-state index contributed by atoms with van der Waals surface area (Å²) in [6.07, 6.45) is 9.83. The predicted molar refractivity (Wildman–Crippen MR) is 44.6 cm³/mol. The van der Waals surface area contributed by atoms with Crippen LogP contribution in [0.3, 0.4) is 0 Å². The third-order valence-corrected chi connectivity index (χ3v) is 1.91. The summed E-state index contributed by atoms with van der Waals surface area (Å²) in [5, 5.41) is 0. The summed E-state index contributed by atoms with van der Waals surface area (Å²) in [5.74, 6) is 1.27. The van der Waals surface area contributed by atoms with Crippen LogP contribution in [0, 0.1) is 11.8 Å². The highest BCUT2D eigenvalue weighted by atomic mass is 14.5. The zero-order valence-corrected chi connectivity index (χ0v) is 6.46. The Morgan fingerprint density at radius 3 is 2.80 bits per heavy atom. The first-order valence-corrected chi connectivity index (χ1v) is 3.88. The van der Waals surface area contributed by atoms with Gasteiger partial charge in [-0.15, -0.1) is 0 Å². The maximum Gasteiger partial charge on any atom is -0.00138 e. The van der Waals surface area contributed by atoms with Crippen molar-refractivity contribution >= 4 is 0 Å². The van der Waals surface area contributed by atoms with E-state index in [1.54, 1.807) is 0 Å². The molecule has 0 spiro atoms. The molecule has 1 heteroatoms. The lowest BCUT2D eigenvalue weighted by molar-refractivity contribution is 0.521. The Morgan fingerprint density at radius 2 is 2.10 bits per heavy atom. The third-order valence-electron chi connectivity index (χ3n) is 1.91. The lowest BCUT2D eigenvalue weighted by atomic mass is 9.97. The van der Waals surface area contributed by atoms with Gasteiger partial charge in [0, 0.05) is 0 Å². The van der Waals surface area contributed by atoms with Crippen LogP contribution < -0.4 is 5.73 Å². The average Bonchev–Trinajstić information content (AvgIpc) is 2.13. The molecule has 0 aromatic carbocycles. The minimum Gasteiger partial charge on any atom is -0.330 e. The third kappa shape index (κ3) is 1.99. The molecule has 2 atom stereocenters. The molecule has 1 rings (SSSR count). The number of hydrogen-bond donors (Lipinski definition) is 1. The molecule has 2 unspecified atom stereocenters. The molecule has 10 heavy (non-hydrogen) atoms. The summed E-state index contributed by atoms with van der Waals surface area (Å²) in [6, 6.07) is 0. The van der Waals surface area contributed by atoms with Gasteiger partial charge in [0.15, 0.2) is 0 Å². The highest BCUT2D eigenvalue weighted by Gasteiger charge is 2.07. The second kappa shape index (κ2) is 3.57. The van der Waals surface area contributed by atoms with Gasteiger partial charge in [-0.2, -0.15) is 0 Å². The van der Waals surface area contributed by atoms with Gasteiger partial charge in [0.2, 0.25) is 0 Å². The van der Waals surface area contributed by atoms with Gasteiger partial charge in [0.05, 0.1) is 0 Å². The van der Waals surface area contributed by atoms with E-state index in [9.17, 15) is 0 Å². The Hall–Kier alpha value is -0.560. The number of allylic oxidation sites excluding steroid dienone is 3. The maximum absolute atomic E-state index is 5.56. The van der Waals surface area contributed by atoms with E-state index in [4.69, 9.17) is 5.73 Å². The van der Waals surface area contributed by atoms with Crippen LogP contribution in [0.15, 0.2) is 24.3 Å². The van der Waals surface area contributed by atoms with Crippen molar-refractivity contribution in [3.8, 4) is 0 Å².